The number of carbonyl (C=O) groups is 2. The number of para-hydroxylation sites is 1. The minimum absolute atomic E-state index is 0.0606. The highest BCUT2D eigenvalue weighted by molar-refractivity contribution is 8.01. The molecule has 0 atom stereocenters. The molecule has 0 aliphatic carbocycles. The van der Waals surface area contributed by atoms with Crippen molar-refractivity contribution in [3.8, 4) is 0 Å². The molecule has 0 radical (unpaired) electrons. The second kappa shape index (κ2) is 9.98. The lowest BCUT2D eigenvalue weighted by molar-refractivity contribution is -0.122. The van der Waals surface area contributed by atoms with E-state index in [1.165, 1.54) is 11.8 Å². The molecule has 2 N–H and O–H groups in total. The summed E-state index contributed by atoms with van der Waals surface area (Å²) >= 11 is 4.75. The molecule has 2 amide bonds. The Morgan fingerprint density at radius 2 is 1.85 bits per heavy atom. The molecule has 1 aliphatic rings. The molecule has 0 spiro atoms. The fourth-order valence-corrected chi connectivity index (χ4v) is 6.42. The second-order valence-corrected chi connectivity index (χ2v) is 10.7. The molecule has 0 fully saturated rings. The van der Waals surface area contributed by atoms with Crippen molar-refractivity contribution < 1.29 is 9.59 Å². The van der Waals surface area contributed by atoms with Crippen LogP contribution in [0.25, 0.3) is 10.2 Å². The van der Waals surface area contributed by atoms with Gasteiger partial charge in [0.1, 0.15) is 12.4 Å². The van der Waals surface area contributed by atoms with Crippen molar-refractivity contribution in [3.63, 3.8) is 0 Å². The van der Waals surface area contributed by atoms with Crippen LogP contribution in [-0.2, 0) is 34.2 Å². The molecule has 0 bridgehead atoms. The zero-order chi connectivity index (χ0) is 22.6. The lowest BCUT2D eigenvalue weighted by Crippen LogP contribution is -2.29. The number of rotatable bonds is 8. The monoisotopic (exact) mass is 495 g/mol. The Morgan fingerprint density at radius 3 is 2.70 bits per heavy atom. The van der Waals surface area contributed by atoms with Crippen molar-refractivity contribution in [2.75, 3.05) is 11.1 Å². The van der Waals surface area contributed by atoms with E-state index in [9.17, 15) is 9.59 Å². The Morgan fingerprint density at radius 1 is 1.03 bits per heavy atom. The van der Waals surface area contributed by atoms with Crippen LogP contribution in [0.4, 0.5) is 5.82 Å². The zero-order valence-electron chi connectivity index (χ0n) is 17.6. The maximum absolute atomic E-state index is 12.7. The van der Waals surface area contributed by atoms with Crippen LogP contribution < -0.4 is 10.6 Å². The normalized spacial score (nSPS) is 12.6. The van der Waals surface area contributed by atoms with Gasteiger partial charge in [-0.05, 0) is 17.7 Å². The minimum atomic E-state index is -0.146. The van der Waals surface area contributed by atoms with Crippen molar-refractivity contribution in [3.05, 3.63) is 71.4 Å². The van der Waals surface area contributed by atoms with Crippen molar-refractivity contribution in [2.24, 2.45) is 0 Å². The van der Waals surface area contributed by atoms with Gasteiger partial charge < -0.3 is 10.6 Å². The number of thioether (sulfide) groups is 2. The number of anilines is 1. The standard InChI is InChI=1S/C23H21N5O2S3/c29-20(24-10-15-6-2-1-3-7-15)11-28-22(16-12-31-13-18(16)27-28)26-21(30)14-32-23-25-17-8-4-5-9-19(17)33-23/h1-9H,10-14H2,(H,24,29)(H,26,30). The predicted octanol–water partition coefficient (Wildman–Crippen LogP) is 4.29. The smallest absolute Gasteiger partial charge is 0.242 e. The van der Waals surface area contributed by atoms with E-state index < -0.39 is 0 Å². The second-order valence-electron chi connectivity index (χ2n) is 7.47. The molecular formula is C23H21N5O2S3. The third-order valence-corrected chi connectivity index (χ3v) is 8.25. The van der Waals surface area contributed by atoms with Crippen molar-refractivity contribution in [1.82, 2.24) is 20.1 Å². The maximum atomic E-state index is 12.7. The average Bonchev–Trinajstić information content (AvgIpc) is 3.53. The summed E-state index contributed by atoms with van der Waals surface area (Å²) in [5.74, 6) is 2.16. The van der Waals surface area contributed by atoms with Crippen LogP contribution in [0.1, 0.15) is 16.8 Å². The Balaban J connectivity index is 1.22. The van der Waals surface area contributed by atoms with Gasteiger partial charge in [-0.2, -0.15) is 16.9 Å². The molecule has 33 heavy (non-hydrogen) atoms. The summed E-state index contributed by atoms with van der Waals surface area (Å²) in [6, 6.07) is 17.7. The van der Waals surface area contributed by atoms with Crippen LogP contribution in [-0.4, -0.2) is 32.3 Å². The quantitative estimate of drug-likeness (QED) is 0.355. The molecule has 2 aromatic carbocycles. The first-order valence-electron chi connectivity index (χ1n) is 10.4. The van der Waals surface area contributed by atoms with Gasteiger partial charge in [0.15, 0.2) is 4.34 Å². The molecule has 168 valence electrons. The third kappa shape index (κ3) is 5.23. The largest absolute Gasteiger partial charge is 0.350 e. The van der Waals surface area contributed by atoms with Gasteiger partial charge in [0.25, 0.3) is 0 Å². The zero-order valence-corrected chi connectivity index (χ0v) is 20.1. The van der Waals surface area contributed by atoms with Gasteiger partial charge in [0, 0.05) is 23.6 Å². The predicted molar refractivity (Wildman–Crippen MR) is 134 cm³/mol. The fraction of sp³-hybridized carbons (Fsp3) is 0.217. The summed E-state index contributed by atoms with van der Waals surface area (Å²) in [7, 11) is 0. The summed E-state index contributed by atoms with van der Waals surface area (Å²) in [5.41, 5.74) is 3.92. The number of fused-ring (bicyclic) bond motifs is 2. The molecular weight excluding hydrogens is 474 g/mol. The molecule has 5 rings (SSSR count). The number of hydrogen-bond donors (Lipinski definition) is 2. The van der Waals surface area contributed by atoms with Crippen LogP contribution in [0.2, 0.25) is 0 Å². The van der Waals surface area contributed by atoms with Gasteiger partial charge in [0.05, 0.1) is 21.7 Å². The van der Waals surface area contributed by atoms with Crippen LogP contribution in [0, 0.1) is 0 Å². The number of hydrogen-bond acceptors (Lipinski definition) is 7. The van der Waals surface area contributed by atoms with Crippen LogP contribution in [0.5, 0.6) is 0 Å². The Kier molecular flexibility index (Phi) is 6.65. The molecule has 0 unspecified atom stereocenters. The first-order valence-corrected chi connectivity index (χ1v) is 13.4. The first-order chi connectivity index (χ1) is 16.2. The van der Waals surface area contributed by atoms with Crippen molar-refractivity contribution >= 4 is 62.7 Å². The van der Waals surface area contributed by atoms with Gasteiger partial charge in [0.2, 0.25) is 11.8 Å². The summed E-state index contributed by atoms with van der Waals surface area (Å²) in [6.07, 6.45) is 0. The van der Waals surface area contributed by atoms with E-state index in [0.29, 0.717) is 12.4 Å². The molecule has 7 nitrogen and oxygen atoms in total. The number of amides is 2. The van der Waals surface area contributed by atoms with Crippen LogP contribution >= 0.6 is 34.9 Å². The molecule has 10 heteroatoms. The number of nitrogens with zero attached hydrogens (tertiary/aromatic N) is 3. The third-order valence-electron chi connectivity index (χ3n) is 5.10. The lowest BCUT2D eigenvalue weighted by atomic mass is 10.2. The van der Waals surface area contributed by atoms with E-state index in [0.717, 1.165) is 42.9 Å². The van der Waals surface area contributed by atoms with E-state index in [4.69, 9.17) is 0 Å². The average molecular weight is 496 g/mol. The van der Waals surface area contributed by atoms with E-state index in [1.54, 1.807) is 27.8 Å². The minimum Gasteiger partial charge on any atom is -0.350 e. The Bertz CT molecular complexity index is 1270. The number of nitrogens with one attached hydrogen (secondary N) is 2. The summed E-state index contributed by atoms with van der Waals surface area (Å²) in [6.45, 7) is 0.516. The van der Waals surface area contributed by atoms with E-state index in [-0.39, 0.29) is 24.1 Å². The van der Waals surface area contributed by atoms with E-state index >= 15 is 0 Å². The number of carbonyl (C=O) groups excluding carboxylic acids is 2. The van der Waals surface area contributed by atoms with Gasteiger partial charge in [-0.15, -0.1) is 11.3 Å². The highest BCUT2D eigenvalue weighted by Gasteiger charge is 2.25. The van der Waals surface area contributed by atoms with E-state index in [2.05, 4.69) is 20.7 Å². The first kappa shape index (κ1) is 22.0. The van der Waals surface area contributed by atoms with Gasteiger partial charge in [-0.1, -0.05) is 54.2 Å². The number of benzene rings is 2. The van der Waals surface area contributed by atoms with Gasteiger partial charge >= 0.3 is 0 Å². The number of thiazole rings is 1. The fourth-order valence-electron chi connectivity index (χ4n) is 3.52. The summed E-state index contributed by atoms with van der Waals surface area (Å²) < 4.78 is 3.58. The molecule has 3 heterocycles. The Labute approximate surface area is 203 Å². The maximum Gasteiger partial charge on any atom is 0.242 e. The Hall–Kier alpha value is -2.82. The summed E-state index contributed by atoms with van der Waals surface area (Å²) in [5, 5.41) is 10.5. The van der Waals surface area contributed by atoms with Gasteiger partial charge in [-0.3, -0.25) is 9.59 Å². The SMILES string of the molecule is O=C(Cn1nc2c(c1NC(=O)CSc1nc3ccccc3s1)CSC2)NCc1ccccc1. The molecule has 1 aliphatic heterocycles. The lowest BCUT2D eigenvalue weighted by Gasteiger charge is -2.11. The summed E-state index contributed by atoms with van der Waals surface area (Å²) in [4.78, 5) is 29.9. The molecule has 0 saturated heterocycles. The van der Waals surface area contributed by atoms with Crippen molar-refractivity contribution in [1.29, 1.82) is 0 Å². The van der Waals surface area contributed by atoms with Gasteiger partial charge in [-0.25, -0.2) is 9.67 Å². The van der Waals surface area contributed by atoms with Crippen LogP contribution in [0.15, 0.2) is 58.9 Å². The highest BCUT2D eigenvalue weighted by atomic mass is 32.2. The van der Waals surface area contributed by atoms with E-state index in [1.807, 2.05) is 54.6 Å². The van der Waals surface area contributed by atoms with Crippen LogP contribution in [0.3, 0.4) is 0 Å². The molecule has 0 saturated carbocycles. The topological polar surface area (TPSA) is 88.9 Å². The highest BCUT2D eigenvalue weighted by Crippen LogP contribution is 2.35. The molecule has 4 aromatic rings. The molecule has 2 aromatic heterocycles. The number of aromatic nitrogens is 3. The van der Waals surface area contributed by atoms with Crippen molar-refractivity contribution in [2.45, 2.75) is 28.9 Å².